The molecule has 5 heteroatoms. The standard InChI is InChI=1S/C20H18F2N2O/c1-12-4-9-18(22)19(10-12)23-20(25)17-11-13(2)24(14(17)3)16-7-5-15(21)6-8-16/h4-11H,1-3H3,(H,23,25). The highest BCUT2D eigenvalue weighted by molar-refractivity contribution is 6.05. The zero-order valence-corrected chi connectivity index (χ0v) is 14.2. The molecule has 0 spiro atoms. The van der Waals surface area contributed by atoms with Gasteiger partial charge in [0.05, 0.1) is 11.3 Å². The van der Waals surface area contributed by atoms with E-state index < -0.39 is 5.82 Å². The molecule has 0 saturated heterocycles. The van der Waals surface area contributed by atoms with Gasteiger partial charge in [0, 0.05) is 17.1 Å². The van der Waals surface area contributed by atoms with Crippen LogP contribution in [0.5, 0.6) is 0 Å². The Morgan fingerprint density at radius 3 is 2.32 bits per heavy atom. The van der Waals surface area contributed by atoms with Crippen LogP contribution in [0.25, 0.3) is 5.69 Å². The summed E-state index contributed by atoms with van der Waals surface area (Å²) in [6, 6.07) is 12.3. The molecular formula is C20H18F2N2O. The number of anilines is 1. The van der Waals surface area contributed by atoms with Crippen LogP contribution in [0.15, 0.2) is 48.5 Å². The van der Waals surface area contributed by atoms with E-state index >= 15 is 0 Å². The van der Waals surface area contributed by atoms with Crippen molar-refractivity contribution < 1.29 is 13.6 Å². The highest BCUT2D eigenvalue weighted by Gasteiger charge is 2.18. The molecule has 0 aliphatic rings. The summed E-state index contributed by atoms with van der Waals surface area (Å²) < 4.78 is 28.9. The number of carbonyl (C=O) groups is 1. The first-order chi connectivity index (χ1) is 11.9. The largest absolute Gasteiger partial charge is 0.319 e. The zero-order chi connectivity index (χ0) is 18.1. The second-order valence-corrected chi connectivity index (χ2v) is 6.03. The SMILES string of the molecule is Cc1ccc(F)c(NC(=O)c2cc(C)n(-c3ccc(F)cc3)c2C)c1. The van der Waals surface area contributed by atoms with Gasteiger partial charge < -0.3 is 9.88 Å². The van der Waals surface area contributed by atoms with Crippen LogP contribution in [-0.2, 0) is 0 Å². The third-order valence-electron chi connectivity index (χ3n) is 4.13. The minimum absolute atomic E-state index is 0.150. The van der Waals surface area contributed by atoms with Crippen LogP contribution < -0.4 is 5.32 Å². The Hall–Kier alpha value is -2.95. The average molecular weight is 340 g/mol. The third-order valence-corrected chi connectivity index (χ3v) is 4.13. The number of nitrogens with zero attached hydrogens (tertiary/aromatic N) is 1. The highest BCUT2D eigenvalue weighted by Crippen LogP contribution is 2.23. The zero-order valence-electron chi connectivity index (χ0n) is 14.2. The van der Waals surface area contributed by atoms with Crippen molar-refractivity contribution >= 4 is 11.6 Å². The first-order valence-corrected chi connectivity index (χ1v) is 7.89. The van der Waals surface area contributed by atoms with Gasteiger partial charge in [-0.3, -0.25) is 4.79 Å². The van der Waals surface area contributed by atoms with Gasteiger partial charge >= 0.3 is 0 Å². The molecule has 0 atom stereocenters. The van der Waals surface area contributed by atoms with Crippen LogP contribution in [0.1, 0.15) is 27.3 Å². The van der Waals surface area contributed by atoms with Crippen LogP contribution >= 0.6 is 0 Å². The highest BCUT2D eigenvalue weighted by atomic mass is 19.1. The summed E-state index contributed by atoms with van der Waals surface area (Å²) in [5.41, 5.74) is 3.75. The number of aryl methyl sites for hydroxylation is 2. The summed E-state index contributed by atoms with van der Waals surface area (Å²) in [4.78, 5) is 12.6. The molecule has 25 heavy (non-hydrogen) atoms. The Balaban J connectivity index is 1.95. The van der Waals surface area contributed by atoms with Crippen LogP contribution in [0.4, 0.5) is 14.5 Å². The lowest BCUT2D eigenvalue weighted by Crippen LogP contribution is -2.14. The number of rotatable bonds is 3. The normalized spacial score (nSPS) is 10.8. The second kappa shape index (κ2) is 6.51. The van der Waals surface area contributed by atoms with Crippen molar-refractivity contribution in [2.45, 2.75) is 20.8 Å². The van der Waals surface area contributed by atoms with Crippen molar-refractivity contribution in [3.8, 4) is 5.69 Å². The van der Waals surface area contributed by atoms with E-state index in [9.17, 15) is 13.6 Å². The Bertz CT molecular complexity index is 943. The minimum Gasteiger partial charge on any atom is -0.319 e. The van der Waals surface area contributed by atoms with Gasteiger partial charge in [-0.15, -0.1) is 0 Å². The molecule has 1 aromatic heterocycles. The van der Waals surface area contributed by atoms with Crippen LogP contribution in [0.3, 0.4) is 0 Å². The van der Waals surface area contributed by atoms with Crippen molar-refractivity contribution in [3.63, 3.8) is 0 Å². The van der Waals surface area contributed by atoms with E-state index in [4.69, 9.17) is 0 Å². The topological polar surface area (TPSA) is 34.0 Å². The van der Waals surface area contributed by atoms with E-state index in [1.165, 1.54) is 18.2 Å². The molecule has 0 fully saturated rings. The number of halogens is 2. The molecule has 0 aliphatic heterocycles. The maximum Gasteiger partial charge on any atom is 0.257 e. The van der Waals surface area contributed by atoms with Gasteiger partial charge in [-0.1, -0.05) is 6.07 Å². The molecule has 0 bridgehead atoms. The first kappa shape index (κ1) is 16.9. The monoisotopic (exact) mass is 340 g/mol. The summed E-state index contributed by atoms with van der Waals surface area (Å²) in [6.07, 6.45) is 0. The van der Waals surface area contributed by atoms with Crippen LogP contribution in [0.2, 0.25) is 0 Å². The van der Waals surface area contributed by atoms with Crippen LogP contribution in [-0.4, -0.2) is 10.5 Å². The molecule has 0 saturated carbocycles. The molecule has 0 unspecified atom stereocenters. The van der Waals surface area contributed by atoms with E-state index in [-0.39, 0.29) is 17.4 Å². The first-order valence-electron chi connectivity index (χ1n) is 7.89. The Labute approximate surface area is 144 Å². The summed E-state index contributed by atoms with van der Waals surface area (Å²) in [5, 5.41) is 2.62. The van der Waals surface area contributed by atoms with Crippen molar-refractivity contribution in [1.29, 1.82) is 0 Å². The fourth-order valence-electron chi connectivity index (χ4n) is 2.90. The van der Waals surface area contributed by atoms with Crippen LogP contribution in [0, 0.1) is 32.4 Å². The summed E-state index contributed by atoms with van der Waals surface area (Å²) in [7, 11) is 0. The van der Waals surface area contributed by atoms with Crippen molar-refractivity contribution in [1.82, 2.24) is 4.57 Å². The van der Waals surface area contributed by atoms with E-state index in [2.05, 4.69) is 5.32 Å². The van der Waals surface area contributed by atoms with Gasteiger partial charge in [0.25, 0.3) is 5.91 Å². The van der Waals surface area contributed by atoms with Gasteiger partial charge in [-0.2, -0.15) is 0 Å². The second-order valence-electron chi connectivity index (χ2n) is 6.03. The Morgan fingerprint density at radius 1 is 0.960 bits per heavy atom. The Kier molecular flexibility index (Phi) is 4.40. The molecule has 1 N–H and O–H groups in total. The van der Waals surface area contributed by atoms with E-state index in [1.807, 2.05) is 18.4 Å². The molecule has 0 radical (unpaired) electrons. The van der Waals surface area contributed by atoms with Crippen molar-refractivity contribution in [2.75, 3.05) is 5.32 Å². The predicted octanol–water partition coefficient (Wildman–Crippen LogP) is 4.93. The smallest absolute Gasteiger partial charge is 0.257 e. The summed E-state index contributed by atoms with van der Waals surface area (Å²) >= 11 is 0. The number of carbonyl (C=O) groups excluding carboxylic acids is 1. The van der Waals surface area contributed by atoms with Gasteiger partial charge in [0.2, 0.25) is 0 Å². The predicted molar refractivity (Wildman–Crippen MR) is 94.3 cm³/mol. The molecule has 3 nitrogen and oxygen atoms in total. The minimum atomic E-state index is -0.480. The average Bonchev–Trinajstić information content (AvgIpc) is 2.87. The quantitative estimate of drug-likeness (QED) is 0.720. The number of hydrogen-bond donors (Lipinski definition) is 1. The number of benzene rings is 2. The number of amides is 1. The molecule has 2 aromatic carbocycles. The van der Waals surface area contributed by atoms with Gasteiger partial charge in [0.1, 0.15) is 11.6 Å². The summed E-state index contributed by atoms with van der Waals surface area (Å²) in [6.45, 7) is 5.49. The van der Waals surface area contributed by atoms with Gasteiger partial charge in [-0.05, 0) is 68.8 Å². The lowest BCUT2D eigenvalue weighted by atomic mass is 10.2. The molecular weight excluding hydrogens is 322 g/mol. The number of nitrogens with one attached hydrogen (secondary N) is 1. The fourth-order valence-corrected chi connectivity index (χ4v) is 2.90. The van der Waals surface area contributed by atoms with E-state index in [1.54, 1.807) is 37.3 Å². The van der Waals surface area contributed by atoms with Crippen molar-refractivity contribution in [3.05, 3.63) is 82.7 Å². The number of hydrogen-bond acceptors (Lipinski definition) is 1. The maximum absolute atomic E-state index is 13.9. The van der Waals surface area contributed by atoms with Gasteiger partial charge in [0.15, 0.2) is 0 Å². The Morgan fingerprint density at radius 2 is 1.64 bits per heavy atom. The summed E-state index contributed by atoms with van der Waals surface area (Å²) in [5.74, 6) is -1.18. The third kappa shape index (κ3) is 3.31. The molecule has 3 aromatic rings. The van der Waals surface area contributed by atoms with E-state index in [0.717, 1.165) is 16.9 Å². The molecule has 0 aliphatic carbocycles. The van der Waals surface area contributed by atoms with Gasteiger partial charge in [-0.25, -0.2) is 8.78 Å². The maximum atomic E-state index is 13.9. The molecule has 1 heterocycles. The fraction of sp³-hybridized carbons (Fsp3) is 0.150. The molecule has 128 valence electrons. The lowest BCUT2D eigenvalue weighted by molar-refractivity contribution is 0.102. The lowest BCUT2D eigenvalue weighted by Gasteiger charge is -2.10. The molecule has 1 amide bonds. The van der Waals surface area contributed by atoms with Crippen molar-refractivity contribution in [2.24, 2.45) is 0 Å². The number of aromatic nitrogens is 1. The van der Waals surface area contributed by atoms with E-state index in [0.29, 0.717) is 11.3 Å². The molecule has 3 rings (SSSR count).